The molecule has 0 radical (unpaired) electrons. The van der Waals surface area contributed by atoms with E-state index in [9.17, 15) is 0 Å². The van der Waals surface area contributed by atoms with Crippen LogP contribution in [0.3, 0.4) is 0 Å². The Kier molecular flexibility index (Phi) is 6.80. The van der Waals surface area contributed by atoms with E-state index in [1.165, 1.54) is 42.1 Å². The lowest BCUT2D eigenvalue weighted by Gasteiger charge is -2.15. The zero-order valence-corrected chi connectivity index (χ0v) is 26.4. The SMILES string of the molecule is C1=CCC(c2cccc(-c3nc(-c4ccc(-c5cccc6ccccc56)cc4)nc(-c4cccc5c4sc4ccccc45)n3)c2)C=C1. The summed E-state index contributed by atoms with van der Waals surface area (Å²) in [6.07, 6.45) is 9.73. The number of aromatic nitrogens is 3. The normalized spacial score (nSPS) is 14.3. The summed E-state index contributed by atoms with van der Waals surface area (Å²) >= 11 is 1.79. The molecular weight excluding hydrogens is 591 g/mol. The van der Waals surface area contributed by atoms with Gasteiger partial charge in [-0.05, 0) is 52.1 Å². The van der Waals surface area contributed by atoms with E-state index in [4.69, 9.17) is 15.0 Å². The van der Waals surface area contributed by atoms with Crippen molar-refractivity contribution in [2.75, 3.05) is 0 Å². The molecule has 2 aromatic heterocycles. The smallest absolute Gasteiger partial charge is 0.165 e. The van der Waals surface area contributed by atoms with Gasteiger partial charge >= 0.3 is 0 Å². The summed E-state index contributed by atoms with van der Waals surface area (Å²) in [5, 5.41) is 4.96. The molecule has 0 fully saturated rings. The van der Waals surface area contributed by atoms with Crippen LogP contribution in [0.4, 0.5) is 0 Å². The highest BCUT2D eigenvalue weighted by molar-refractivity contribution is 7.26. The van der Waals surface area contributed by atoms with Gasteiger partial charge in [0.2, 0.25) is 0 Å². The first-order chi connectivity index (χ1) is 23.3. The lowest BCUT2D eigenvalue weighted by atomic mass is 9.91. The molecule has 0 spiro atoms. The van der Waals surface area contributed by atoms with Crippen molar-refractivity contribution in [2.24, 2.45) is 0 Å². The van der Waals surface area contributed by atoms with Crippen LogP contribution in [0.15, 0.2) is 158 Å². The summed E-state index contributed by atoms with van der Waals surface area (Å²) in [5.74, 6) is 2.37. The van der Waals surface area contributed by atoms with Crippen molar-refractivity contribution in [1.29, 1.82) is 0 Å². The molecule has 0 aliphatic heterocycles. The Hall–Kier alpha value is -5.71. The summed E-state index contributed by atoms with van der Waals surface area (Å²) < 4.78 is 2.45. The van der Waals surface area contributed by atoms with Crippen LogP contribution in [0.1, 0.15) is 17.9 Å². The van der Waals surface area contributed by atoms with Crippen LogP contribution in [-0.2, 0) is 0 Å². The maximum atomic E-state index is 5.16. The molecule has 8 aromatic rings. The second-order valence-corrected chi connectivity index (χ2v) is 13.0. The van der Waals surface area contributed by atoms with E-state index in [1.807, 2.05) is 0 Å². The molecule has 3 nitrogen and oxygen atoms in total. The second-order valence-electron chi connectivity index (χ2n) is 12.0. The molecular formula is C43H29N3S. The van der Waals surface area contributed by atoms with Crippen LogP contribution in [0, 0.1) is 0 Å². The Morgan fingerprint density at radius 1 is 0.511 bits per heavy atom. The summed E-state index contributed by atoms with van der Waals surface area (Å²) in [4.78, 5) is 15.4. The van der Waals surface area contributed by atoms with Crippen molar-refractivity contribution < 1.29 is 0 Å². The van der Waals surface area contributed by atoms with E-state index >= 15 is 0 Å². The third kappa shape index (κ3) is 5.04. The van der Waals surface area contributed by atoms with Gasteiger partial charge in [-0.25, -0.2) is 15.0 Å². The fourth-order valence-electron chi connectivity index (χ4n) is 6.69. The van der Waals surface area contributed by atoms with Gasteiger partial charge in [0.05, 0.1) is 0 Å². The minimum atomic E-state index is 0.342. The molecule has 222 valence electrons. The number of benzene rings is 6. The molecule has 47 heavy (non-hydrogen) atoms. The van der Waals surface area contributed by atoms with Crippen LogP contribution in [0.25, 0.3) is 76.2 Å². The number of fused-ring (bicyclic) bond motifs is 4. The van der Waals surface area contributed by atoms with E-state index in [0.29, 0.717) is 23.4 Å². The molecule has 0 bridgehead atoms. The average molecular weight is 620 g/mol. The van der Waals surface area contributed by atoms with Gasteiger partial charge in [-0.1, -0.05) is 140 Å². The van der Waals surface area contributed by atoms with Crippen molar-refractivity contribution in [2.45, 2.75) is 12.3 Å². The molecule has 1 aliphatic rings. The summed E-state index contributed by atoms with van der Waals surface area (Å²) in [6, 6.07) is 47.3. The highest BCUT2D eigenvalue weighted by Crippen LogP contribution is 2.40. The summed E-state index contributed by atoms with van der Waals surface area (Å²) in [5.41, 5.74) is 6.62. The van der Waals surface area contributed by atoms with Crippen molar-refractivity contribution >= 4 is 42.3 Å². The van der Waals surface area contributed by atoms with E-state index < -0.39 is 0 Å². The fourth-order valence-corrected chi connectivity index (χ4v) is 7.90. The van der Waals surface area contributed by atoms with Crippen molar-refractivity contribution in [1.82, 2.24) is 15.0 Å². The number of rotatable bonds is 5. The minimum Gasteiger partial charge on any atom is -0.208 e. The molecule has 0 saturated carbocycles. The number of hydrogen-bond donors (Lipinski definition) is 0. The number of allylic oxidation sites excluding steroid dienone is 4. The van der Waals surface area contributed by atoms with E-state index in [0.717, 1.165) is 28.7 Å². The van der Waals surface area contributed by atoms with E-state index in [1.54, 1.807) is 11.3 Å². The van der Waals surface area contributed by atoms with E-state index in [2.05, 4.69) is 158 Å². The third-order valence-corrected chi connectivity index (χ3v) is 10.3. The van der Waals surface area contributed by atoms with Crippen LogP contribution in [0.2, 0.25) is 0 Å². The van der Waals surface area contributed by atoms with Gasteiger partial charge in [0.1, 0.15) is 0 Å². The first-order valence-electron chi connectivity index (χ1n) is 16.0. The minimum absolute atomic E-state index is 0.342. The fraction of sp³-hybridized carbons (Fsp3) is 0.0465. The van der Waals surface area contributed by atoms with Gasteiger partial charge in [0, 0.05) is 42.8 Å². The van der Waals surface area contributed by atoms with Gasteiger partial charge in [0.15, 0.2) is 17.5 Å². The van der Waals surface area contributed by atoms with E-state index in [-0.39, 0.29) is 0 Å². The maximum absolute atomic E-state index is 5.16. The predicted octanol–water partition coefficient (Wildman–Crippen LogP) is 11.7. The lowest BCUT2D eigenvalue weighted by molar-refractivity contribution is 0.854. The van der Waals surface area contributed by atoms with Gasteiger partial charge < -0.3 is 0 Å². The first kappa shape index (κ1) is 27.6. The van der Waals surface area contributed by atoms with Gasteiger partial charge in [-0.2, -0.15) is 0 Å². The number of hydrogen-bond acceptors (Lipinski definition) is 4. The number of nitrogens with zero attached hydrogens (tertiary/aromatic N) is 3. The maximum Gasteiger partial charge on any atom is 0.165 e. The molecule has 6 aromatic carbocycles. The number of thiophene rings is 1. The Bertz CT molecular complexity index is 2500. The van der Waals surface area contributed by atoms with Crippen LogP contribution < -0.4 is 0 Å². The molecule has 1 aliphatic carbocycles. The highest BCUT2D eigenvalue weighted by Gasteiger charge is 2.18. The summed E-state index contributed by atoms with van der Waals surface area (Å²) in [6.45, 7) is 0. The van der Waals surface area contributed by atoms with Crippen LogP contribution in [-0.4, -0.2) is 15.0 Å². The van der Waals surface area contributed by atoms with Gasteiger partial charge in [-0.3, -0.25) is 0 Å². The Morgan fingerprint density at radius 3 is 2.06 bits per heavy atom. The molecule has 0 amide bonds. The first-order valence-corrected chi connectivity index (χ1v) is 16.8. The second kappa shape index (κ2) is 11.6. The Morgan fingerprint density at radius 2 is 1.19 bits per heavy atom. The predicted molar refractivity (Wildman–Crippen MR) is 198 cm³/mol. The Balaban J connectivity index is 1.20. The summed E-state index contributed by atoms with van der Waals surface area (Å²) in [7, 11) is 0. The average Bonchev–Trinajstić information content (AvgIpc) is 3.54. The zero-order valence-electron chi connectivity index (χ0n) is 25.5. The highest BCUT2D eigenvalue weighted by atomic mass is 32.1. The molecule has 1 atom stereocenters. The Labute approximate surface area is 277 Å². The third-order valence-electron chi connectivity index (χ3n) is 9.08. The van der Waals surface area contributed by atoms with Crippen LogP contribution in [0.5, 0.6) is 0 Å². The van der Waals surface area contributed by atoms with Crippen molar-refractivity contribution in [3.05, 3.63) is 163 Å². The lowest BCUT2D eigenvalue weighted by Crippen LogP contribution is -2.01. The van der Waals surface area contributed by atoms with Gasteiger partial charge in [0.25, 0.3) is 0 Å². The standard InChI is InChI=1S/C43H29N3S/c1-2-11-28(12-3-1)32-15-8-16-33(27-32)42-44-41(31-25-23-30(24-26-31)35-19-9-14-29-13-4-5-17-34(29)35)45-43(46-42)38-21-10-20-37-36-18-6-7-22-39(36)47-40(37)38/h1-11,13-28H,12H2. The molecule has 1 unspecified atom stereocenters. The monoisotopic (exact) mass is 619 g/mol. The van der Waals surface area contributed by atoms with Gasteiger partial charge in [-0.15, -0.1) is 11.3 Å². The largest absolute Gasteiger partial charge is 0.208 e. The van der Waals surface area contributed by atoms with Crippen LogP contribution >= 0.6 is 11.3 Å². The van der Waals surface area contributed by atoms with Crippen molar-refractivity contribution in [3.8, 4) is 45.3 Å². The molecule has 9 rings (SSSR count). The van der Waals surface area contributed by atoms with Crippen molar-refractivity contribution in [3.63, 3.8) is 0 Å². The molecule has 2 heterocycles. The topological polar surface area (TPSA) is 38.7 Å². The molecule has 0 saturated heterocycles. The molecule has 4 heteroatoms. The quantitative estimate of drug-likeness (QED) is 0.192. The molecule has 0 N–H and O–H groups in total. The zero-order chi connectivity index (χ0) is 31.2.